The number of aliphatic hydroxyl groups excluding tert-OH is 1. The van der Waals surface area contributed by atoms with Crippen LogP contribution in [0, 0.1) is 0 Å². The molecule has 1 N–H and O–H groups in total. The van der Waals surface area contributed by atoms with Crippen molar-refractivity contribution in [2.45, 2.75) is 26.1 Å². The number of fused-ring (bicyclic) bond motifs is 1. The van der Waals surface area contributed by atoms with Crippen molar-refractivity contribution in [1.29, 1.82) is 0 Å². The van der Waals surface area contributed by atoms with Crippen LogP contribution in [0.2, 0.25) is 0 Å². The predicted octanol–water partition coefficient (Wildman–Crippen LogP) is 1.38. The molecule has 2 fully saturated rings. The molecule has 1 unspecified atom stereocenters. The van der Waals surface area contributed by atoms with E-state index in [1.54, 1.807) is 30.2 Å². The second-order valence-electron chi connectivity index (χ2n) is 7.37. The van der Waals surface area contributed by atoms with E-state index in [1.165, 1.54) is 0 Å². The molecule has 3 heterocycles. The molecule has 8 nitrogen and oxygen atoms in total. The summed E-state index contributed by atoms with van der Waals surface area (Å²) < 4.78 is 10.9. The molecule has 0 radical (unpaired) electrons. The molecule has 4 rings (SSSR count). The first-order chi connectivity index (χ1) is 13.5. The van der Waals surface area contributed by atoms with Gasteiger partial charge in [0.05, 0.1) is 49.3 Å². The van der Waals surface area contributed by atoms with Crippen LogP contribution in [-0.4, -0.2) is 78.0 Å². The molecule has 2 aromatic rings. The topological polar surface area (TPSA) is 88.0 Å². The number of hydrogen-bond donors (Lipinski definition) is 1. The van der Waals surface area contributed by atoms with Gasteiger partial charge in [-0.1, -0.05) is 0 Å². The van der Waals surface area contributed by atoms with Gasteiger partial charge in [-0.3, -0.25) is 9.78 Å². The van der Waals surface area contributed by atoms with Gasteiger partial charge in [-0.2, -0.15) is 0 Å². The van der Waals surface area contributed by atoms with E-state index in [9.17, 15) is 9.90 Å². The first-order valence-corrected chi connectivity index (χ1v) is 9.75. The van der Waals surface area contributed by atoms with Crippen LogP contribution in [0.3, 0.4) is 0 Å². The zero-order valence-corrected chi connectivity index (χ0v) is 16.3. The number of benzene rings is 1. The van der Waals surface area contributed by atoms with Gasteiger partial charge >= 0.3 is 0 Å². The SMILES string of the molecule is CC(O)c1cc(C(=O)N2CCOCC2)cc2ncc(N3CCO[C@H](C)C3)nc12. The van der Waals surface area contributed by atoms with Crippen LogP contribution in [0.1, 0.15) is 35.9 Å². The minimum atomic E-state index is -0.756. The summed E-state index contributed by atoms with van der Waals surface area (Å²) in [6.07, 6.45) is 1.11. The highest BCUT2D eigenvalue weighted by Crippen LogP contribution is 2.27. The third kappa shape index (κ3) is 3.80. The quantitative estimate of drug-likeness (QED) is 0.853. The molecule has 2 atom stereocenters. The standard InChI is InChI=1S/C20H26N4O4/c1-13-12-24(5-8-28-13)18-11-21-17-10-15(9-16(14(2)25)19(17)22-18)20(26)23-3-6-27-7-4-23/h9-11,13-14,25H,3-8,12H2,1-2H3/t13-,14?/m1/s1. The number of morpholine rings is 2. The summed E-state index contributed by atoms with van der Waals surface area (Å²) in [5.74, 6) is 0.691. The van der Waals surface area contributed by atoms with E-state index in [0.29, 0.717) is 55.1 Å². The first-order valence-electron chi connectivity index (χ1n) is 9.75. The average Bonchev–Trinajstić information content (AvgIpc) is 2.72. The van der Waals surface area contributed by atoms with Crippen molar-refractivity contribution >= 4 is 22.8 Å². The third-order valence-corrected chi connectivity index (χ3v) is 5.23. The van der Waals surface area contributed by atoms with Crippen molar-refractivity contribution in [3.63, 3.8) is 0 Å². The average molecular weight is 386 g/mol. The maximum atomic E-state index is 12.9. The van der Waals surface area contributed by atoms with Crippen LogP contribution in [0.4, 0.5) is 5.82 Å². The first kappa shape index (κ1) is 19.0. The second kappa shape index (κ2) is 7.98. The number of aromatic nitrogens is 2. The summed E-state index contributed by atoms with van der Waals surface area (Å²) in [5, 5.41) is 10.3. The highest BCUT2D eigenvalue weighted by atomic mass is 16.5. The van der Waals surface area contributed by atoms with Crippen molar-refractivity contribution < 1.29 is 19.4 Å². The molecular formula is C20H26N4O4. The van der Waals surface area contributed by atoms with Gasteiger partial charge in [0.15, 0.2) is 0 Å². The molecule has 0 saturated carbocycles. The summed E-state index contributed by atoms with van der Waals surface area (Å²) >= 11 is 0. The van der Waals surface area contributed by atoms with Crippen LogP contribution < -0.4 is 4.90 Å². The van der Waals surface area contributed by atoms with Crippen LogP contribution in [0.5, 0.6) is 0 Å². The fraction of sp³-hybridized carbons (Fsp3) is 0.550. The van der Waals surface area contributed by atoms with E-state index in [-0.39, 0.29) is 12.0 Å². The Morgan fingerprint density at radius 2 is 2.04 bits per heavy atom. The van der Waals surface area contributed by atoms with Gasteiger partial charge in [0.25, 0.3) is 5.91 Å². The number of carbonyl (C=O) groups is 1. The number of hydrogen-bond acceptors (Lipinski definition) is 7. The summed E-state index contributed by atoms with van der Waals surface area (Å²) in [4.78, 5) is 26.1. The van der Waals surface area contributed by atoms with E-state index in [1.807, 2.05) is 6.92 Å². The van der Waals surface area contributed by atoms with Crippen LogP contribution in [0.15, 0.2) is 18.3 Å². The number of carbonyl (C=O) groups excluding carboxylic acids is 1. The van der Waals surface area contributed by atoms with Gasteiger partial charge < -0.3 is 24.4 Å². The Morgan fingerprint density at radius 3 is 2.75 bits per heavy atom. The Morgan fingerprint density at radius 1 is 1.25 bits per heavy atom. The minimum absolute atomic E-state index is 0.0695. The van der Waals surface area contributed by atoms with E-state index in [2.05, 4.69) is 9.88 Å². The van der Waals surface area contributed by atoms with Gasteiger partial charge in [-0.25, -0.2) is 4.98 Å². The number of rotatable bonds is 3. The Hall–Kier alpha value is -2.29. The number of nitrogens with zero attached hydrogens (tertiary/aromatic N) is 4. The predicted molar refractivity (Wildman–Crippen MR) is 105 cm³/mol. The maximum absolute atomic E-state index is 12.9. The Bertz CT molecular complexity index is 867. The molecule has 28 heavy (non-hydrogen) atoms. The summed E-state index contributed by atoms with van der Waals surface area (Å²) in [5.41, 5.74) is 2.38. The molecule has 1 aromatic heterocycles. The monoisotopic (exact) mass is 386 g/mol. The summed E-state index contributed by atoms with van der Waals surface area (Å²) in [7, 11) is 0. The summed E-state index contributed by atoms with van der Waals surface area (Å²) in [6, 6.07) is 3.50. The lowest BCUT2D eigenvalue weighted by molar-refractivity contribution is 0.0303. The zero-order valence-electron chi connectivity index (χ0n) is 16.3. The normalized spacial score (nSPS) is 21.8. The van der Waals surface area contributed by atoms with Crippen LogP contribution in [-0.2, 0) is 9.47 Å². The fourth-order valence-corrected chi connectivity index (χ4v) is 3.70. The van der Waals surface area contributed by atoms with Gasteiger partial charge in [0.2, 0.25) is 0 Å². The van der Waals surface area contributed by atoms with Gasteiger partial charge in [0.1, 0.15) is 5.82 Å². The molecule has 0 spiro atoms. The smallest absolute Gasteiger partial charge is 0.254 e. The highest BCUT2D eigenvalue weighted by Gasteiger charge is 2.23. The molecular weight excluding hydrogens is 360 g/mol. The minimum Gasteiger partial charge on any atom is -0.389 e. The van der Waals surface area contributed by atoms with E-state index >= 15 is 0 Å². The molecule has 0 aliphatic carbocycles. The number of anilines is 1. The van der Waals surface area contributed by atoms with Crippen molar-refractivity contribution in [1.82, 2.24) is 14.9 Å². The Kier molecular flexibility index (Phi) is 5.43. The molecule has 8 heteroatoms. The largest absolute Gasteiger partial charge is 0.389 e. The fourth-order valence-electron chi connectivity index (χ4n) is 3.70. The van der Waals surface area contributed by atoms with Crippen molar-refractivity contribution in [2.75, 3.05) is 50.9 Å². The second-order valence-corrected chi connectivity index (χ2v) is 7.37. The molecule has 1 aromatic carbocycles. The lowest BCUT2D eigenvalue weighted by Crippen LogP contribution is -2.41. The van der Waals surface area contributed by atoms with E-state index < -0.39 is 6.10 Å². The van der Waals surface area contributed by atoms with Crippen LogP contribution in [0.25, 0.3) is 11.0 Å². The van der Waals surface area contributed by atoms with E-state index in [4.69, 9.17) is 14.5 Å². The van der Waals surface area contributed by atoms with Gasteiger partial charge in [-0.05, 0) is 26.0 Å². The zero-order chi connectivity index (χ0) is 19.7. The lowest BCUT2D eigenvalue weighted by atomic mass is 10.0. The third-order valence-electron chi connectivity index (χ3n) is 5.23. The summed E-state index contributed by atoms with van der Waals surface area (Å²) in [6.45, 7) is 8.10. The number of aliphatic hydroxyl groups is 1. The molecule has 2 saturated heterocycles. The molecule has 2 aliphatic heterocycles. The van der Waals surface area contributed by atoms with Crippen molar-refractivity contribution in [3.8, 4) is 0 Å². The lowest BCUT2D eigenvalue weighted by Gasteiger charge is -2.32. The van der Waals surface area contributed by atoms with E-state index in [0.717, 1.165) is 18.9 Å². The van der Waals surface area contributed by atoms with Crippen molar-refractivity contribution in [3.05, 3.63) is 29.5 Å². The highest BCUT2D eigenvalue weighted by molar-refractivity contribution is 5.98. The molecule has 2 aliphatic rings. The van der Waals surface area contributed by atoms with Gasteiger partial charge in [-0.15, -0.1) is 0 Å². The molecule has 150 valence electrons. The Balaban J connectivity index is 1.71. The Labute approximate surface area is 164 Å². The number of amides is 1. The van der Waals surface area contributed by atoms with Gasteiger partial charge in [0, 0.05) is 37.3 Å². The van der Waals surface area contributed by atoms with Crippen LogP contribution >= 0.6 is 0 Å². The van der Waals surface area contributed by atoms with Crippen molar-refractivity contribution in [2.24, 2.45) is 0 Å². The molecule has 1 amide bonds. The molecule has 0 bridgehead atoms. The maximum Gasteiger partial charge on any atom is 0.254 e. The number of ether oxygens (including phenoxy) is 2.